The number of nitrogens with zero attached hydrogens (tertiary/aromatic N) is 2. The first kappa shape index (κ1) is 13.6. The monoisotopic (exact) mass is 297 g/mol. The van der Waals surface area contributed by atoms with E-state index in [1.54, 1.807) is 12.1 Å². The second kappa shape index (κ2) is 5.96. The number of H-pyrrole nitrogens is 1. The van der Waals surface area contributed by atoms with Gasteiger partial charge in [0, 0.05) is 6.08 Å². The minimum atomic E-state index is -0.484. The molecule has 0 atom stereocenters. The van der Waals surface area contributed by atoms with Gasteiger partial charge >= 0.3 is 0 Å². The van der Waals surface area contributed by atoms with E-state index in [0.717, 1.165) is 6.08 Å². The Bertz CT molecular complexity index is 791. The van der Waals surface area contributed by atoms with E-state index in [4.69, 9.17) is 9.15 Å². The lowest BCUT2D eigenvalue weighted by molar-refractivity contribution is 0.104. The topological polar surface area (TPSA) is 101 Å². The van der Waals surface area contributed by atoms with E-state index in [1.165, 1.54) is 18.9 Å². The number of aliphatic hydroxyl groups excluding tert-OH is 1. The lowest BCUT2D eigenvalue weighted by atomic mass is 10.2. The van der Waals surface area contributed by atoms with Crippen LogP contribution in [-0.2, 0) is 0 Å². The van der Waals surface area contributed by atoms with Gasteiger partial charge in [0.1, 0.15) is 30.2 Å². The van der Waals surface area contributed by atoms with Crippen LogP contribution in [0.3, 0.4) is 0 Å². The van der Waals surface area contributed by atoms with Gasteiger partial charge < -0.3 is 14.3 Å². The van der Waals surface area contributed by atoms with E-state index in [1.807, 2.05) is 18.2 Å². The summed E-state index contributed by atoms with van der Waals surface area (Å²) < 4.78 is 10.6. The summed E-state index contributed by atoms with van der Waals surface area (Å²) in [6, 6.07) is 8.98. The van der Waals surface area contributed by atoms with E-state index in [0.29, 0.717) is 5.75 Å². The van der Waals surface area contributed by atoms with Crippen LogP contribution in [0.1, 0.15) is 16.2 Å². The van der Waals surface area contributed by atoms with Gasteiger partial charge in [-0.3, -0.25) is 9.89 Å². The highest BCUT2D eigenvalue weighted by atomic mass is 16.5. The number of aromatic nitrogens is 3. The summed E-state index contributed by atoms with van der Waals surface area (Å²) in [5.74, 6) is 0.0258. The predicted molar refractivity (Wildman–Crippen MR) is 76.5 cm³/mol. The average Bonchev–Trinajstić information content (AvgIpc) is 3.19. The average molecular weight is 297 g/mol. The van der Waals surface area contributed by atoms with Gasteiger partial charge in [-0.1, -0.05) is 18.2 Å². The van der Waals surface area contributed by atoms with Crippen molar-refractivity contribution in [3.8, 4) is 11.5 Å². The third-order valence-corrected chi connectivity index (χ3v) is 2.77. The molecule has 7 heteroatoms. The number of ketones is 1. The Morgan fingerprint density at radius 3 is 2.82 bits per heavy atom. The molecule has 0 amide bonds. The van der Waals surface area contributed by atoms with Crippen molar-refractivity contribution in [2.24, 2.45) is 0 Å². The fourth-order valence-corrected chi connectivity index (χ4v) is 1.76. The highest BCUT2D eigenvalue weighted by Gasteiger charge is 2.16. The van der Waals surface area contributed by atoms with Crippen LogP contribution in [0.4, 0.5) is 0 Å². The van der Waals surface area contributed by atoms with Gasteiger partial charge in [-0.05, 0) is 12.1 Å². The van der Waals surface area contributed by atoms with Crippen LogP contribution in [-0.4, -0.2) is 26.1 Å². The van der Waals surface area contributed by atoms with Crippen molar-refractivity contribution in [1.29, 1.82) is 0 Å². The molecule has 0 saturated carbocycles. The molecule has 2 aromatic heterocycles. The fourth-order valence-electron chi connectivity index (χ4n) is 1.76. The van der Waals surface area contributed by atoms with Crippen molar-refractivity contribution < 1.29 is 19.1 Å². The molecule has 0 aliphatic heterocycles. The maximum absolute atomic E-state index is 12.2. The van der Waals surface area contributed by atoms with E-state index in [9.17, 15) is 9.90 Å². The molecule has 2 N–H and O–H groups in total. The molecule has 0 aliphatic carbocycles. The number of furan rings is 1. The first-order valence-corrected chi connectivity index (χ1v) is 6.34. The van der Waals surface area contributed by atoms with E-state index < -0.39 is 5.78 Å². The molecule has 0 aliphatic rings. The zero-order valence-corrected chi connectivity index (χ0v) is 11.3. The maximum Gasteiger partial charge on any atom is 0.215 e. The molecular formula is C15H11N3O4. The molecule has 2 heterocycles. The van der Waals surface area contributed by atoms with Crippen molar-refractivity contribution >= 4 is 11.5 Å². The third-order valence-electron chi connectivity index (χ3n) is 2.77. The fraction of sp³-hybridized carbons (Fsp3) is 0. The number of ether oxygens (including phenoxy) is 1. The Morgan fingerprint density at radius 2 is 2.09 bits per heavy atom. The number of aliphatic hydroxyl groups is 1. The summed E-state index contributed by atoms with van der Waals surface area (Å²) in [6.07, 6.45) is 4.87. The van der Waals surface area contributed by atoms with Crippen molar-refractivity contribution in [2.45, 2.75) is 0 Å². The van der Waals surface area contributed by atoms with Crippen LogP contribution in [0, 0.1) is 0 Å². The van der Waals surface area contributed by atoms with E-state index in [-0.39, 0.29) is 22.9 Å². The Balaban J connectivity index is 1.82. The highest BCUT2D eigenvalue weighted by Crippen LogP contribution is 2.27. The number of carbonyl (C=O) groups is 1. The number of nitrogens with one attached hydrogen (secondary N) is 1. The molecule has 1 aromatic carbocycles. The summed E-state index contributed by atoms with van der Waals surface area (Å²) in [7, 11) is 0. The third kappa shape index (κ3) is 2.88. The van der Waals surface area contributed by atoms with Crippen molar-refractivity contribution in [2.75, 3.05) is 0 Å². The second-order valence-corrected chi connectivity index (χ2v) is 4.28. The SMILES string of the molecule is O=C(C=C(O)c1nc[nH]n1)c1cocc1Oc1ccccc1. The summed E-state index contributed by atoms with van der Waals surface area (Å²) in [5, 5.41) is 15.9. The molecule has 3 aromatic rings. The first-order chi connectivity index (χ1) is 10.7. The van der Waals surface area contributed by atoms with E-state index in [2.05, 4.69) is 15.2 Å². The summed E-state index contributed by atoms with van der Waals surface area (Å²) in [5.41, 5.74) is 0.186. The van der Waals surface area contributed by atoms with Crippen molar-refractivity contribution in [1.82, 2.24) is 15.2 Å². The number of carbonyl (C=O) groups excluding carboxylic acids is 1. The van der Waals surface area contributed by atoms with Crippen molar-refractivity contribution in [3.05, 3.63) is 66.6 Å². The van der Waals surface area contributed by atoms with Crippen LogP contribution < -0.4 is 4.74 Å². The molecule has 7 nitrogen and oxygen atoms in total. The van der Waals surface area contributed by atoms with Crippen molar-refractivity contribution in [3.63, 3.8) is 0 Å². The Kier molecular flexibility index (Phi) is 3.69. The van der Waals surface area contributed by atoms with Gasteiger partial charge in [0.15, 0.2) is 17.3 Å². The molecule has 0 saturated heterocycles. The van der Waals surface area contributed by atoms with Gasteiger partial charge in [-0.25, -0.2) is 4.98 Å². The Labute approximate surface area is 124 Å². The van der Waals surface area contributed by atoms with Gasteiger partial charge in [-0.15, -0.1) is 0 Å². The van der Waals surface area contributed by atoms with Crippen LogP contribution in [0.25, 0.3) is 5.76 Å². The lowest BCUT2D eigenvalue weighted by Gasteiger charge is -2.03. The van der Waals surface area contributed by atoms with Crippen LogP contribution >= 0.6 is 0 Å². The standard InChI is InChI=1S/C15H11N3O4/c19-12(6-13(20)15-16-9-17-18-15)11-7-21-8-14(11)22-10-4-2-1-3-5-10/h1-9,20H,(H,16,17,18). The molecule has 0 fully saturated rings. The predicted octanol–water partition coefficient (Wildman–Crippen LogP) is 2.97. The quantitative estimate of drug-likeness (QED) is 0.426. The summed E-state index contributed by atoms with van der Waals surface area (Å²) in [6.45, 7) is 0. The number of hydrogen-bond donors (Lipinski definition) is 2. The maximum atomic E-state index is 12.2. The summed E-state index contributed by atoms with van der Waals surface area (Å²) >= 11 is 0. The van der Waals surface area contributed by atoms with Gasteiger partial charge in [0.25, 0.3) is 0 Å². The number of aromatic amines is 1. The Morgan fingerprint density at radius 1 is 1.27 bits per heavy atom. The van der Waals surface area contributed by atoms with Gasteiger partial charge in [0.05, 0.1) is 0 Å². The molecular weight excluding hydrogens is 286 g/mol. The molecule has 3 rings (SSSR count). The van der Waals surface area contributed by atoms with Gasteiger partial charge in [0.2, 0.25) is 5.82 Å². The number of hydrogen-bond acceptors (Lipinski definition) is 6. The van der Waals surface area contributed by atoms with Crippen LogP contribution in [0.5, 0.6) is 11.5 Å². The smallest absolute Gasteiger partial charge is 0.215 e. The molecule has 0 bridgehead atoms. The second-order valence-electron chi connectivity index (χ2n) is 4.28. The zero-order chi connectivity index (χ0) is 15.4. The minimum Gasteiger partial charge on any atom is -0.504 e. The largest absolute Gasteiger partial charge is 0.504 e. The minimum absolute atomic E-state index is 0.0300. The number of rotatable bonds is 5. The normalized spacial score (nSPS) is 11.4. The lowest BCUT2D eigenvalue weighted by Crippen LogP contribution is -1.98. The number of para-hydroxylation sites is 1. The summed E-state index contributed by atoms with van der Waals surface area (Å²) in [4.78, 5) is 15.9. The van der Waals surface area contributed by atoms with Crippen LogP contribution in [0.2, 0.25) is 0 Å². The molecule has 0 radical (unpaired) electrons. The van der Waals surface area contributed by atoms with Gasteiger partial charge in [-0.2, -0.15) is 5.10 Å². The number of benzene rings is 1. The number of allylic oxidation sites excluding steroid dienone is 1. The molecule has 0 spiro atoms. The molecule has 22 heavy (non-hydrogen) atoms. The molecule has 110 valence electrons. The van der Waals surface area contributed by atoms with E-state index >= 15 is 0 Å². The zero-order valence-electron chi connectivity index (χ0n) is 11.3. The van der Waals surface area contributed by atoms with Crippen LogP contribution in [0.15, 0.2) is 59.7 Å². The first-order valence-electron chi connectivity index (χ1n) is 6.34. The highest BCUT2D eigenvalue weighted by molar-refractivity contribution is 6.09. The Hall–Kier alpha value is -3.35. The molecule has 0 unspecified atom stereocenters.